The number of nitrogens with two attached hydrogens (primary N) is 1. The van der Waals surface area contributed by atoms with E-state index in [0.29, 0.717) is 42.8 Å². The maximum atomic E-state index is 12.5. The van der Waals surface area contributed by atoms with Crippen LogP contribution in [0.1, 0.15) is 12.8 Å². The molecule has 0 spiro atoms. The van der Waals surface area contributed by atoms with E-state index in [1.165, 1.54) is 11.5 Å². The second kappa shape index (κ2) is 7.15. The zero-order valence-corrected chi connectivity index (χ0v) is 13.3. The fraction of sp³-hybridized carbons (Fsp3) is 0.833. The Balaban J connectivity index is 1.90. The highest BCUT2D eigenvalue weighted by atomic mass is 32.2. The lowest BCUT2D eigenvalue weighted by Gasteiger charge is -2.35. The average molecular weight is 321 g/mol. The summed E-state index contributed by atoms with van der Waals surface area (Å²) in [5.41, 5.74) is 5.12. The van der Waals surface area contributed by atoms with Gasteiger partial charge in [-0.1, -0.05) is 12.2 Å². The number of carbonyl (C=O) groups excluding carboxylic acids is 1. The summed E-state index contributed by atoms with van der Waals surface area (Å²) in [5, 5.41) is 3.55. The van der Waals surface area contributed by atoms with Crippen LogP contribution in [0, 0.1) is 5.41 Å². The molecule has 0 saturated carbocycles. The van der Waals surface area contributed by atoms with E-state index in [1.54, 1.807) is 0 Å². The molecule has 0 aromatic heterocycles. The monoisotopic (exact) mass is 320 g/mol. The number of hydrogen-bond acceptors (Lipinski definition) is 5. The molecule has 0 bridgehead atoms. The summed E-state index contributed by atoms with van der Waals surface area (Å²) in [6.07, 6.45) is 1.20. The zero-order chi connectivity index (χ0) is 13.7. The van der Waals surface area contributed by atoms with E-state index >= 15 is 0 Å². The van der Waals surface area contributed by atoms with Gasteiger partial charge in [-0.25, -0.2) is 0 Å². The first-order valence-corrected chi connectivity index (χ1v) is 9.11. The van der Waals surface area contributed by atoms with Crippen molar-refractivity contribution >= 4 is 46.6 Å². The molecule has 1 atom stereocenters. The molecule has 0 aromatic rings. The van der Waals surface area contributed by atoms with Crippen LogP contribution in [0.4, 0.5) is 0 Å². The SMILES string of the molecule is NC(=S)C1(C(=O)NCC2CSCCS2)CCOCC1. The second-order valence-corrected chi connectivity index (χ2v) is 7.83. The first kappa shape index (κ1) is 15.4. The van der Waals surface area contributed by atoms with E-state index in [-0.39, 0.29) is 5.91 Å². The predicted octanol–water partition coefficient (Wildman–Crippen LogP) is 1.03. The van der Waals surface area contributed by atoms with Crippen molar-refractivity contribution in [3.8, 4) is 0 Å². The third-order valence-electron chi connectivity index (χ3n) is 3.63. The highest BCUT2D eigenvalue weighted by Crippen LogP contribution is 2.31. The van der Waals surface area contributed by atoms with Crippen molar-refractivity contribution in [2.75, 3.05) is 37.0 Å². The highest BCUT2D eigenvalue weighted by Gasteiger charge is 2.43. The number of thioether (sulfide) groups is 2. The van der Waals surface area contributed by atoms with Gasteiger partial charge in [0.2, 0.25) is 5.91 Å². The molecule has 0 aliphatic carbocycles. The molecule has 1 unspecified atom stereocenters. The molecule has 2 rings (SSSR count). The lowest BCUT2D eigenvalue weighted by molar-refractivity contribution is -0.131. The van der Waals surface area contributed by atoms with Crippen molar-refractivity contribution in [3.05, 3.63) is 0 Å². The Labute approximate surface area is 128 Å². The van der Waals surface area contributed by atoms with Crippen LogP contribution in [0.3, 0.4) is 0 Å². The van der Waals surface area contributed by atoms with Crippen LogP contribution in [-0.4, -0.2) is 53.2 Å². The van der Waals surface area contributed by atoms with Crippen molar-refractivity contribution in [2.24, 2.45) is 11.1 Å². The number of carbonyl (C=O) groups is 1. The van der Waals surface area contributed by atoms with Crippen LogP contribution in [0.25, 0.3) is 0 Å². The Morgan fingerprint density at radius 2 is 2.16 bits per heavy atom. The van der Waals surface area contributed by atoms with Crippen LogP contribution in [0.5, 0.6) is 0 Å². The molecule has 2 saturated heterocycles. The van der Waals surface area contributed by atoms with Gasteiger partial charge in [0.1, 0.15) is 5.41 Å². The van der Waals surface area contributed by atoms with Gasteiger partial charge in [0.25, 0.3) is 0 Å². The molecule has 108 valence electrons. The van der Waals surface area contributed by atoms with Gasteiger partial charge in [-0.3, -0.25) is 4.79 Å². The number of hydrogen-bond donors (Lipinski definition) is 2. The Bertz CT molecular complexity index is 340. The van der Waals surface area contributed by atoms with Gasteiger partial charge < -0.3 is 15.8 Å². The van der Waals surface area contributed by atoms with Crippen molar-refractivity contribution < 1.29 is 9.53 Å². The minimum atomic E-state index is -0.694. The third kappa shape index (κ3) is 3.77. The highest BCUT2D eigenvalue weighted by molar-refractivity contribution is 8.06. The van der Waals surface area contributed by atoms with Crippen LogP contribution in [0.2, 0.25) is 0 Å². The fourth-order valence-corrected chi connectivity index (χ4v) is 5.24. The third-order valence-corrected chi connectivity index (χ3v) is 6.86. The van der Waals surface area contributed by atoms with E-state index < -0.39 is 5.41 Å². The normalized spacial score (nSPS) is 26.6. The first-order chi connectivity index (χ1) is 9.15. The molecule has 19 heavy (non-hydrogen) atoms. The molecule has 7 heteroatoms. The van der Waals surface area contributed by atoms with E-state index in [9.17, 15) is 4.79 Å². The van der Waals surface area contributed by atoms with Gasteiger partial charge in [0.05, 0.1) is 4.99 Å². The maximum Gasteiger partial charge on any atom is 0.233 e. The molecule has 3 N–H and O–H groups in total. The smallest absolute Gasteiger partial charge is 0.233 e. The van der Waals surface area contributed by atoms with Crippen LogP contribution in [-0.2, 0) is 9.53 Å². The van der Waals surface area contributed by atoms with Gasteiger partial charge >= 0.3 is 0 Å². The maximum absolute atomic E-state index is 12.5. The number of ether oxygens (including phenoxy) is 1. The minimum Gasteiger partial charge on any atom is -0.392 e. The molecule has 4 nitrogen and oxygen atoms in total. The molecule has 2 aliphatic heterocycles. The zero-order valence-electron chi connectivity index (χ0n) is 10.9. The predicted molar refractivity (Wildman–Crippen MR) is 85.9 cm³/mol. The standard InChI is InChI=1S/C12H20N2O2S3/c13-10(17)12(1-3-16-4-2-12)11(15)14-7-9-8-18-5-6-19-9/h9H,1-8H2,(H2,13,17)(H,14,15). The summed E-state index contributed by atoms with van der Waals surface area (Å²) < 4.78 is 5.32. The Kier molecular flexibility index (Phi) is 5.80. The summed E-state index contributed by atoms with van der Waals surface area (Å²) in [6, 6.07) is 0. The molecule has 1 amide bonds. The van der Waals surface area contributed by atoms with Crippen molar-refractivity contribution in [1.82, 2.24) is 5.32 Å². The second-order valence-electron chi connectivity index (χ2n) is 4.84. The molecule has 2 heterocycles. The quantitative estimate of drug-likeness (QED) is 0.755. The Morgan fingerprint density at radius 1 is 1.42 bits per heavy atom. The molecule has 0 radical (unpaired) electrons. The number of amides is 1. The van der Waals surface area contributed by atoms with Crippen molar-refractivity contribution in [2.45, 2.75) is 18.1 Å². The van der Waals surface area contributed by atoms with Crippen molar-refractivity contribution in [3.63, 3.8) is 0 Å². The summed E-state index contributed by atoms with van der Waals surface area (Å²) in [5.74, 6) is 3.47. The summed E-state index contributed by atoms with van der Waals surface area (Å²) in [6.45, 7) is 1.82. The molecule has 2 aliphatic rings. The van der Waals surface area contributed by atoms with Crippen LogP contribution >= 0.6 is 35.7 Å². The van der Waals surface area contributed by atoms with E-state index in [4.69, 9.17) is 22.7 Å². The van der Waals surface area contributed by atoms with Crippen molar-refractivity contribution in [1.29, 1.82) is 0 Å². The lowest BCUT2D eigenvalue weighted by atomic mass is 9.79. The number of nitrogens with one attached hydrogen (secondary N) is 1. The largest absolute Gasteiger partial charge is 0.392 e. The molecule has 2 fully saturated rings. The van der Waals surface area contributed by atoms with Gasteiger partial charge in [0, 0.05) is 42.3 Å². The topological polar surface area (TPSA) is 64.4 Å². The fourth-order valence-electron chi connectivity index (χ4n) is 2.34. The molecular weight excluding hydrogens is 300 g/mol. The van der Waals surface area contributed by atoms with Crippen LogP contribution in [0.15, 0.2) is 0 Å². The Hall–Kier alpha value is 0.0200. The Morgan fingerprint density at radius 3 is 2.74 bits per heavy atom. The molecule has 0 aromatic carbocycles. The van der Waals surface area contributed by atoms with E-state index in [2.05, 4.69) is 5.32 Å². The van der Waals surface area contributed by atoms with E-state index in [1.807, 2.05) is 23.5 Å². The average Bonchev–Trinajstić information content (AvgIpc) is 2.46. The minimum absolute atomic E-state index is 0.0144. The first-order valence-electron chi connectivity index (χ1n) is 6.50. The van der Waals surface area contributed by atoms with Gasteiger partial charge in [-0.15, -0.1) is 0 Å². The number of thiocarbonyl (C=S) groups is 1. The van der Waals surface area contributed by atoms with Gasteiger partial charge in [-0.2, -0.15) is 23.5 Å². The van der Waals surface area contributed by atoms with Gasteiger partial charge in [-0.05, 0) is 12.8 Å². The van der Waals surface area contributed by atoms with Crippen LogP contribution < -0.4 is 11.1 Å². The molecular formula is C12H20N2O2S3. The van der Waals surface area contributed by atoms with E-state index in [0.717, 1.165) is 5.75 Å². The number of rotatable bonds is 4. The van der Waals surface area contributed by atoms with Gasteiger partial charge in [0.15, 0.2) is 0 Å². The lowest BCUT2D eigenvalue weighted by Crippen LogP contribution is -2.53. The summed E-state index contributed by atoms with van der Waals surface area (Å²) in [7, 11) is 0. The summed E-state index contributed by atoms with van der Waals surface area (Å²) in [4.78, 5) is 12.8. The summed E-state index contributed by atoms with van der Waals surface area (Å²) >= 11 is 9.01.